The third-order valence-corrected chi connectivity index (χ3v) is 41.2. The van der Waals surface area contributed by atoms with Gasteiger partial charge in [0.15, 0.2) is 0 Å². The average Bonchev–Trinajstić information content (AvgIpc) is 3.40. The van der Waals surface area contributed by atoms with Gasteiger partial charge in [0, 0.05) is 36.3 Å². The molecule has 2 saturated heterocycles. The van der Waals surface area contributed by atoms with Crippen molar-refractivity contribution in [2.75, 3.05) is 0 Å². The van der Waals surface area contributed by atoms with Crippen molar-refractivity contribution in [1.82, 2.24) is 0 Å². The van der Waals surface area contributed by atoms with Crippen LogP contribution < -0.4 is 41.5 Å². The summed E-state index contributed by atoms with van der Waals surface area (Å²) in [5.41, 5.74) is 0. The fourth-order valence-corrected chi connectivity index (χ4v) is 42.9. The second-order valence-corrected chi connectivity index (χ2v) is 38.7. The first kappa shape index (κ1) is 49.5. The molecule has 0 radical (unpaired) electrons. The summed E-state index contributed by atoms with van der Waals surface area (Å²) in [5.74, 6) is 0. The van der Waals surface area contributed by atoms with Crippen molar-refractivity contribution in [2.45, 2.75) is 6.55 Å². The molecule has 0 aliphatic carbocycles. The molecule has 0 spiro atoms. The van der Waals surface area contributed by atoms with Gasteiger partial charge in [-0.2, -0.15) is 0 Å². The largest absolute Gasteiger partial charge is 0.520 e. The molecule has 5 N–H and O–H groups in total. The molecule has 71 heavy (non-hydrogen) atoms. The third-order valence-electron chi connectivity index (χ3n) is 11.8. The molecule has 10 rings (SSSR count). The summed E-state index contributed by atoms with van der Waals surface area (Å²) in [6.07, 6.45) is 0. The predicted octanol–water partition coefficient (Wildman–Crippen LogP) is 1.03. The van der Waals surface area contributed by atoms with Gasteiger partial charge in [-0.25, -0.2) is 0 Å². The highest BCUT2D eigenvalue weighted by Gasteiger charge is 2.74. The third kappa shape index (κ3) is 9.93. The van der Waals surface area contributed by atoms with Crippen LogP contribution in [-0.2, 0) is 37.0 Å². The maximum atomic E-state index is 13.7. The van der Waals surface area contributed by atoms with Crippen molar-refractivity contribution in [3.05, 3.63) is 243 Å². The Morgan fingerprint density at radius 2 is 0.423 bits per heavy atom. The molecule has 4 atom stereocenters. The number of hydrogen-bond donors (Lipinski definition) is 5. The molecule has 2 aliphatic heterocycles. The van der Waals surface area contributed by atoms with Gasteiger partial charge in [-0.15, -0.1) is 0 Å². The first-order valence-corrected chi connectivity index (χ1v) is 37.2. The number of hydrogen-bond acceptors (Lipinski definition) is 14. The van der Waals surface area contributed by atoms with Crippen molar-refractivity contribution in [2.24, 2.45) is 0 Å². The van der Waals surface area contributed by atoms with Gasteiger partial charge in [0.2, 0.25) is 0 Å². The highest BCUT2D eigenvalue weighted by molar-refractivity contribution is 7.06. The second-order valence-electron chi connectivity index (χ2n) is 16.8. The molecule has 2 aliphatic rings. The van der Waals surface area contributed by atoms with Crippen LogP contribution in [0.15, 0.2) is 243 Å². The van der Waals surface area contributed by atoms with Crippen LogP contribution in [0.4, 0.5) is 0 Å². The summed E-state index contributed by atoms with van der Waals surface area (Å²) in [7, 11) is -40.5. The molecule has 0 aromatic heterocycles. The summed E-state index contributed by atoms with van der Waals surface area (Å²) < 4.78 is 64.6. The van der Waals surface area contributed by atoms with Crippen LogP contribution in [0.2, 0.25) is 6.55 Å². The van der Waals surface area contributed by atoms with Crippen molar-refractivity contribution >= 4 is 112 Å². The molecule has 2 fully saturated rings. The Hall–Kier alpha value is -5.06. The molecule has 22 heteroatoms. The Labute approximate surface area is 419 Å². The fourth-order valence-electron chi connectivity index (χ4n) is 8.39. The molecule has 0 bridgehead atoms. The Kier molecular flexibility index (Phi) is 13.8. The van der Waals surface area contributed by atoms with E-state index in [0.717, 1.165) is 0 Å². The van der Waals surface area contributed by atoms with Crippen molar-refractivity contribution in [3.63, 3.8) is 0 Å². The van der Waals surface area contributed by atoms with Crippen LogP contribution in [0.3, 0.4) is 0 Å². The monoisotopic (exact) mass is 1080 g/mol. The van der Waals surface area contributed by atoms with Gasteiger partial charge in [0.25, 0.3) is 0 Å². The minimum absolute atomic E-state index is 0.105. The van der Waals surface area contributed by atoms with E-state index < -0.39 is 70.2 Å². The summed E-state index contributed by atoms with van der Waals surface area (Å²) >= 11 is 0. The topological polar surface area (TPSA) is 184 Å². The van der Waals surface area contributed by atoms with Gasteiger partial charge in [-0.1, -0.05) is 243 Å². The van der Waals surface area contributed by atoms with E-state index in [1.54, 1.807) is 243 Å². The molecule has 8 aromatic rings. The van der Waals surface area contributed by atoms with Gasteiger partial charge < -0.3 is 61.0 Å². The summed E-state index contributed by atoms with van der Waals surface area (Å²) in [6.45, 7) is 1.71. The summed E-state index contributed by atoms with van der Waals surface area (Å²) in [5, 5.41) is 1.67. The second kappa shape index (κ2) is 19.7. The standard InChI is InChI=1S/C49H48O14Si8/c1-64(42-26-10-2-11-27-42)55-65(50,43-28-12-3-13-29-43)59-70(48-38-22-8-23-39-48,60-66(51,56-64)44-30-14-4-15-31-44)63-71(49-40-24-9-25-41-49)61-68(53,46-34-18-6-19-35-46)57-67(52,45-32-16-5-17-33-45)58-69(54,62-71)47-36-20-7-21-37-47/h2-41,50-54H,1H3. The van der Waals surface area contributed by atoms with Gasteiger partial charge in [-0.3, -0.25) is 0 Å². The normalized spacial score (nSPS) is 31.3. The Morgan fingerprint density at radius 3 is 0.662 bits per heavy atom. The van der Waals surface area contributed by atoms with E-state index in [4.69, 9.17) is 37.0 Å². The van der Waals surface area contributed by atoms with E-state index in [1.807, 2.05) is 6.07 Å². The van der Waals surface area contributed by atoms with Crippen LogP contribution in [0.5, 0.6) is 0 Å². The number of rotatable bonds is 10. The fraction of sp³-hybridized carbons (Fsp3) is 0.0204. The van der Waals surface area contributed by atoms with E-state index in [1.165, 1.54) is 0 Å². The van der Waals surface area contributed by atoms with Gasteiger partial charge in [-0.05, 0) is 11.7 Å². The molecular formula is C49H48O14Si8. The van der Waals surface area contributed by atoms with Crippen LogP contribution >= 0.6 is 0 Å². The Bertz CT molecular complexity index is 2710. The minimum Gasteiger partial charge on any atom is -0.387 e. The zero-order valence-corrected chi connectivity index (χ0v) is 46.0. The predicted molar refractivity (Wildman–Crippen MR) is 281 cm³/mol. The molecule has 0 amide bonds. The van der Waals surface area contributed by atoms with E-state index >= 15 is 0 Å². The van der Waals surface area contributed by atoms with E-state index in [9.17, 15) is 24.0 Å². The van der Waals surface area contributed by atoms with Gasteiger partial charge in [0.1, 0.15) is 0 Å². The van der Waals surface area contributed by atoms with Crippen molar-refractivity contribution in [1.29, 1.82) is 0 Å². The van der Waals surface area contributed by atoms with Crippen LogP contribution in [-0.4, -0.2) is 94.2 Å². The molecule has 360 valence electrons. The van der Waals surface area contributed by atoms with Crippen LogP contribution in [0.1, 0.15) is 0 Å². The molecule has 0 saturated carbocycles. The first-order valence-electron chi connectivity index (χ1n) is 22.6. The highest BCUT2D eigenvalue weighted by Crippen LogP contribution is 2.36. The summed E-state index contributed by atoms with van der Waals surface area (Å²) in [6, 6.07) is 67.6. The lowest BCUT2D eigenvalue weighted by molar-refractivity contribution is 0.0744. The maximum absolute atomic E-state index is 13.7. The quantitative estimate of drug-likeness (QED) is 0.123. The highest BCUT2D eigenvalue weighted by atomic mass is 28.6. The molecular weight excluding hydrogens is 1040 g/mol. The van der Waals surface area contributed by atoms with Crippen molar-refractivity contribution < 1.29 is 61.0 Å². The average molecular weight is 1090 g/mol. The lowest BCUT2D eigenvalue weighted by Gasteiger charge is -2.51. The van der Waals surface area contributed by atoms with Crippen LogP contribution in [0.25, 0.3) is 0 Å². The molecule has 8 aromatic carbocycles. The molecule has 2 heterocycles. The number of benzene rings is 8. The minimum atomic E-state index is -5.43. The SMILES string of the molecule is C[Si]1(c2ccccc2)O[Si](O)(c2ccccc2)O[Si](O[Si]2(c3ccccc3)O[Si](O)(c3ccccc3)O[Si](O)(c3ccccc3)O[Si](O)(c3ccccc3)O2)(c2ccccc2)O[Si](O)(c2ccccc2)O1. The zero-order chi connectivity index (χ0) is 49.3. The van der Waals surface area contributed by atoms with Gasteiger partial charge >= 0.3 is 70.2 Å². The smallest absolute Gasteiger partial charge is 0.387 e. The lowest BCUT2D eigenvalue weighted by atomic mass is 10.4. The summed E-state index contributed by atoms with van der Waals surface area (Å²) in [4.78, 5) is 67.3. The zero-order valence-electron chi connectivity index (χ0n) is 38.0. The van der Waals surface area contributed by atoms with E-state index in [2.05, 4.69) is 0 Å². The first-order chi connectivity index (χ1) is 34.2. The maximum Gasteiger partial charge on any atom is 0.520 e. The van der Waals surface area contributed by atoms with Gasteiger partial charge in [0.05, 0.1) is 0 Å². The Balaban J connectivity index is 1.28. The van der Waals surface area contributed by atoms with E-state index in [0.29, 0.717) is 5.19 Å². The van der Waals surface area contributed by atoms with Crippen LogP contribution in [0, 0.1) is 0 Å². The van der Waals surface area contributed by atoms with E-state index in [-0.39, 0.29) is 36.3 Å². The molecule has 4 unspecified atom stereocenters. The molecule has 14 nitrogen and oxygen atoms in total. The Morgan fingerprint density at radius 1 is 0.239 bits per heavy atom. The lowest BCUT2D eigenvalue weighted by Crippen LogP contribution is -2.85. The van der Waals surface area contributed by atoms with Crippen molar-refractivity contribution in [3.8, 4) is 0 Å².